The van der Waals surface area contributed by atoms with Gasteiger partial charge in [0.1, 0.15) is 0 Å². The molecule has 3 rings (SSSR count). The van der Waals surface area contributed by atoms with Crippen molar-refractivity contribution < 1.29 is 9.59 Å². The molecule has 0 bridgehead atoms. The molecule has 0 unspecified atom stereocenters. The lowest BCUT2D eigenvalue weighted by molar-refractivity contribution is -0.129. The van der Waals surface area contributed by atoms with Crippen LogP contribution in [0.4, 0.5) is 11.4 Å². The second-order valence-electron chi connectivity index (χ2n) is 7.00. The highest BCUT2D eigenvalue weighted by Crippen LogP contribution is 2.19. The number of rotatable bonds is 4. The summed E-state index contributed by atoms with van der Waals surface area (Å²) in [5, 5.41) is 6.02. The Morgan fingerprint density at radius 1 is 0.966 bits per heavy atom. The summed E-state index contributed by atoms with van der Waals surface area (Å²) in [6.45, 7) is 6.80. The Morgan fingerprint density at radius 3 is 2.14 bits per heavy atom. The maximum Gasteiger partial charge on any atom is 0.257 e. The molecule has 6 nitrogen and oxygen atoms in total. The zero-order chi connectivity index (χ0) is 20.8. The van der Waals surface area contributed by atoms with Gasteiger partial charge in [-0.05, 0) is 60.6 Å². The summed E-state index contributed by atoms with van der Waals surface area (Å²) in [5.74, 6) is -0.105. The van der Waals surface area contributed by atoms with Gasteiger partial charge in [-0.2, -0.15) is 0 Å². The minimum atomic E-state index is -0.231. The van der Waals surface area contributed by atoms with Crippen molar-refractivity contribution in [2.75, 3.05) is 36.4 Å². The number of nitrogens with zero attached hydrogens (tertiary/aromatic N) is 2. The number of piperazine rings is 1. The highest BCUT2D eigenvalue weighted by molar-refractivity contribution is 7.80. The fourth-order valence-corrected chi connectivity index (χ4v) is 3.48. The van der Waals surface area contributed by atoms with Crippen molar-refractivity contribution >= 4 is 40.5 Å². The normalized spacial score (nSPS) is 13.7. The third kappa shape index (κ3) is 5.54. The maximum absolute atomic E-state index is 12.3. The van der Waals surface area contributed by atoms with Crippen LogP contribution in [0.3, 0.4) is 0 Å². The summed E-state index contributed by atoms with van der Waals surface area (Å²) in [7, 11) is 0. The SMILES string of the molecule is CCc1ccc(C(=O)NC(=S)Nc2ccc(N3CCN(C(C)=O)CC3)cc2)cc1. The van der Waals surface area contributed by atoms with Crippen LogP contribution in [0.25, 0.3) is 0 Å². The number of hydrogen-bond acceptors (Lipinski definition) is 4. The minimum Gasteiger partial charge on any atom is -0.368 e. The molecular weight excluding hydrogens is 384 g/mol. The van der Waals surface area contributed by atoms with Crippen LogP contribution in [0.15, 0.2) is 48.5 Å². The number of carbonyl (C=O) groups excluding carboxylic acids is 2. The van der Waals surface area contributed by atoms with Crippen molar-refractivity contribution in [3.8, 4) is 0 Å². The third-order valence-electron chi connectivity index (χ3n) is 5.07. The largest absolute Gasteiger partial charge is 0.368 e. The van der Waals surface area contributed by atoms with Crippen molar-refractivity contribution in [3.63, 3.8) is 0 Å². The first kappa shape index (κ1) is 20.8. The molecule has 7 heteroatoms. The first-order valence-electron chi connectivity index (χ1n) is 9.78. The number of hydrogen-bond donors (Lipinski definition) is 2. The van der Waals surface area contributed by atoms with Crippen LogP contribution in [0, 0.1) is 0 Å². The molecule has 0 saturated carbocycles. The average Bonchev–Trinajstić information content (AvgIpc) is 2.74. The molecule has 0 aromatic heterocycles. The molecular formula is C22H26N4O2S. The van der Waals surface area contributed by atoms with Gasteiger partial charge in [0.05, 0.1) is 0 Å². The Bertz CT molecular complexity index is 873. The summed E-state index contributed by atoms with van der Waals surface area (Å²) in [6.07, 6.45) is 0.935. The van der Waals surface area contributed by atoms with Gasteiger partial charge in [-0.25, -0.2) is 0 Å². The zero-order valence-corrected chi connectivity index (χ0v) is 17.6. The molecule has 1 heterocycles. The maximum atomic E-state index is 12.3. The number of nitrogens with one attached hydrogen (secondary N) is 2. The van der Waals surface area contributed by atoms with Crippen LogP contribution in [0.5, 0.6) is 0 Å². The van der Waals surface area contributed by atoms with E-state index in [4.69, 9.17) is 12.2 Å². The van der Waals surface area contributed by atoms with Gasteiger partial charge in [0.25, 0.3) is 5.91 Å². The smallest absolute Gasteiger partial charge is 0.257 e. The molecule has 2 aromatic rings. The molecule has 0 atom stereocenters. The minimum absolute atomic E-state index is 0.126. The lowest BCUT2D eigenvalue weighted by Crippen LogP contribution is -2.48. The lowest BCUT2D eigenvalue weighted by atomic mass is 10.1. The Morgan fingerprint density at radius 2 is 1.59 bits per heavy atom. The molecule has 2 aromatic carbocycles. The summed E-state index contributed by atoms with van der Waals surface area (Å²) < 4.78 is 0. The van der Waals surface area contributed by atoms with E-state index in [0.717, 1.165) is 44.0 Å². The Balaban J connectivity index is 1.52. The Labute approximate surface area is 176 Å². The van der Waals surface area contributed by atoms with E-state index in [1.807, 2.05) is 41.3 Å². The monoisotopic (exact) mass is 410 g/mol. The molecule has 1 aliphatic heterocycles. The van der Waals surface area contributed by atoms with Crippen molar-refractivity contribution in [1.82, 2.24) is 10.2 Å². The van der Waals surface area contributed by atoms with Crippen LogP contribution >= 0.6 is 12.2 Å². The van der Waals surface area contributed by atoms with Gasteiger partial charge < -0.3 is 15.1 Å². The molecule has 0 aliphatic carbocycles. The molecule has 152 valence electrons. The molecule has 1 saturated heterocycles. The molecule has 1 fully saturated rings. The van der Waals surface area contributed by atoms with Crippen molar-refractivity contribution in [1.29, 1.82) is 0 Å². The van der Waals surface area contributed by atoms with Crippen LogP contribution in [-0.2, 0) is 11.2 Å². The van der Waals surface area contributed by atoms with E-state index in [1.165, 1.54) is 5.56 Å². The van der Waals surface area contributed by atoms with Crippen LogP contribution < -0.4 is 15.5 Å². The van der Waals surface area contributed by atoms with Crippen LogP contribution in [-0.4, -0.2) is 48.0 Å². The van der Waals surface area contributed by atoms with Crippen LogP contribution in [0.2, 0.25) is 0 Å². The van der Waals surface area contributed by atoms with Gasteiger partial charge in [-0.15, -0.1) is 0 Å². The van der Waals surface area contributed by atoms with E-state index >= 15 is 0 Å². The quantitative estimate of drug-likeness (QED) is 0.759. The number of amides is 2. The predicted octanol–water partition coefficient (Wildman–Crippen LogP) is 3.04. The van der Waals surface area contributed by atoms with E-state index in [9.17, 15) is 9.59 Å². The fraction of sp³-hybridized carbons (Fsp3) is 0.318. The highest BCUT2D eigenvalue weighted by atomic mass is 32.1. The van der Waals surface area contributed by atoms with Gasteiger partial charge in [0.2, 0.25) is 5.91 Å². The van der Waals surface area contributed by atoms with Gasteiger partial charge in [-0.3, -0.25) is 14.9 Å². The lowest BCUT2D eigenvalue weighted by Gasteiger charge is -2.35. The average molecular weight is 411 g/mol. The molecule has 0 spiro atoms. The van der Waals surface area contributed by atoms with E-state index in [0.29, 0.717) is 5.56 Å². The van der Waals surface area contributed by atoms with Gasteiger partial charge in [0, 0.05) is 50.0 Å². The van der Waals surface area contributed by atoms with Crippen molar-refractivity contribution in [3.05, 3.63) is 59.7 Å². The van der Waals surface area contributed by atoms with E-state index in [-0.39, 0.29) is 16.9 Å². The molecule has 2 N–H and O–H groups in total. The molecule has 0 radical (unpaired) electrons. The molecule has 29 heavy (non-hydrogen) atoms. The number of carbonyl (C=O) groups is 2. The van der Waals surface area contributed by atoms with Gasteiger partial charge in [-0.1, -0.05) is 19.1 Å². The third-order valence-corrected chi connectivity index (χ3v) is 5.27. The molecule has 2 amide bonds. The van der Waals surface area contributed by atoms with E-state index in [2.05, 4.69) is 22.5 Å². The number of thiocarbonyl (C=S) groups is 1. The van der Waals surface area contributed by atoms with E-state index in [1.54, 1.807) is 19.1 Å². The Kier molecular flexibility index (Phi) is 6.82. The topological polar surface area (TPSA) is 64.7 Å². The Hall–Kier alpha value is -2.93. The molecule has 1 aliphatic rings. The number of aryl methyl sites for hydroxylation is 1. The summed E-state index contributed by atoms with van der Waals surface area (Å²) in [6, 6.07) is 15.4. The summed E-state index contributed by atoms with van der Waals surface area (Å²) in [5.41, 5.74) is 3.67. The second-order valence-corrected chi connectivity index (χ2v) is 7.41. The first-order chi connectivity index (χ1) is 14.0. The van der Waals surface area contributed by atoms with Crippen molar-refractivity contribution in [2.45, 2.75) is 20.3 Å². The zero-order valence-electron chi connectivity index (χ0n) is 16.8. The summed E-state index contributed by atoms with van der Waals surface area (Å²) >= 11 is 5.27. The second kappa shape index (κ2) is 9.52. The first-order valence-corrected chi connectivity index (χ1v) is 10.2. The van der Waals surface area contributed by atoms with E-state index < -0.39 is 0 Å². The number of anilines is 2. The summed E-state index contributed by atoms with van der Waals surface area (Å²) in [4.78, 5) is 27.9. The fourth-order valence-electron chi connectivity index (χ4n) is 3.26. The highest BCUT2D eigenvalue weighted by Gasteiger charge is 2.18. The van der Waals surface area contributed by atoms with Gasteiger partial charge in [0.15, 0.2) is 5.11 Å². The van der Waals surface area contributed by atoms with Crippen molar-refractivity contribution in [2.24, 2.45) is 0 Å². The van der Waals surface area contributed by atoms with Gasteiger partial charge >= 0.3 is 0 Å². The number of benzene rings is 2. The predicted molar refractivity (Wildman–Crippen MR) is 120 cm³/mol. The standard InChI is InChI=1S/C22H26N4O2S/c1-3-17-4-6-18(7-5-17)21(28)24-22(29)23-19-8-10-20(11-9-19)26-14-12-25(13-15-26)16(2)27/h4-11H,3,12-15H2,1-2H3,(H2,23,24,28,29). The van der Waals surface area contributed by atoms with Crippen LogP contribution in [0.1, 0.15) is 29.8 Å².